The first-order valence-electron chi connectivity index (χ1n) is 6.73. The van der Waals surface area contributed by atoms with Gasteiger partial charge in [0.15, 0.2) is 11.5 Å². The molecule has 0 saturated carbocycles. The molecule has 1 N–H and O–H groups in total. The Labute approximate surface area is 132 Å². The normalized spacial score (nSPS) is 12.3. The molecule has 0 aliphatic carbocycles. The maximum atomic E-state index is 5.43. The van der Waals surface area contributed by atoms with Gasteiger partial charge < -0.3 is 19.7 Å². The third-order valence-electron chi connectivity index (χ3n) is 3.40. The SMILES string of the molecule is CN(C)c1ccccc1NCc1cc2c(cc1Br)OCO2. The lowest BCUT2D eigenvalue weighted by Crippen LogP contribution is -2.12. The number of fused-ring (bicyclic) bond motifs is 1. The summed E-state index contributed by atoms with van der Waals surface area (Å²) in [5, 5.41) is 3.47. The molecule has 0 aromatic heterocycles. The van der Waals surface area contributed by atoms with Gasteiger partial charge in [-0.05, 0) is 29.8 Å². The molecule has 0 amide bonds. The molecule has 21 heavy (non-hydrogen) atoms. The molecule has 2 aromatic carbocycles. The molecule has 5 heteroatoms. The fraction of sp³-hybridized carbons (Fsp3) is 0.250. The minimum Gasteiger partial charge on any atom is -0.454 e. The van der Waals surface area contributed by atoms with E-state index in [0.717, 1.165) is 32.9 Å². The number of rotatable bonds is 4. The molecule has 1 aliphatic rings. The van der Waals surface area contributed by atoms with Gasteiger partial charge >= 0.3 is 0 Å². The summed E-state index contributed by atoms with van der Waals surface area (Å²) in [6.45, 7) is 1.00. The van der Waals surface area contributed by atoms with Crippen molar-refractivity contribution in [3.8, 4) is 11.5 Å². The summed E-state index contributed by atoms with van der Waals surface area (Å²) in [6, 6.07) is 12.2. The second-order valence-corrected chi connectivity index (χ2v) is 5.92. The van der Waals surface area contributed by atoms with E-state index in [1.165, 1.54) is 0 Å². The lowest BCUT2D eigenvalue weighted by Gasteiger charge is -2.18. The summed E-state index contributed by atoms with van der Waals surface area (Å²) in [7, 11) is 4.08. The lowest BCUT2D eigenvalue weighted by molar-refractivity contribution is 0.174. The van der Waals surface area contributed by atoms with E-state index in [1.807, 2.05) is 38.4 Å². The van der Waals surface area contributed by atoms with Crippen LogP contribution >= 0.6 is 15.9 Å². The van der Waals surface area contributed by atoms with Gasteiger partial charge in [-0.25, -0.2) is 0 Å². The van der Waals surface area contributed by atoms with Crippen molar-refractivity contribution in [3.05, 3.63) is 46.4 Å². The molecule has 0 saturated heterocycles. The van der Waals surface area contributed by atoms with Gasteiger partial charge in [-0.2, -0.15) is 0 Å². The van der Waals surface area contributed by atoms with Gasteiger partial charge in [0, 0.05) is 25.1 Å². The second kappa shape index (κ2) is 5.85. The Bertz CT molecular complexity index is 659. The van der Waals surface area contributed by atoms with Crippen molar-refractivity contribution < 1.29 is 9.47 Å². The van der Waals surface area contributed by atoms with E-state index < -0.39 is 0 Å². The highest BCUT2D eigenvalue weighted by atomic mass is 79.9. The Morgan fingerprint density at radius 1 is 1.14 bits per heavy atom. The molecule has 0 atom stereocenters. The molecule has 1 aliphatic heterocycles. The average molecular weight is 349 g/mol. The number of para-hydroxylation sites is 2. The Balaban J connectivity index is 1.80. The molecule has 0 bridgehead atoms. The van der Waals surface area contributed by atoms with Crippen LogP contribution in [0.3, 0.4) is 0 Å². The summed E-state index contributed by atoms with van der Waals surface area (Å²) in [5.74, 6) is 1.59. The third kappa shape index (κ3) is 2.93. The van der Waals surface area contributed by atoms with E-state index in [4.69, 9.17) is 9.47 Å². The highest BCUT2D eigenvalue weighted by Crippen LogP contribution is 2.37. The van der Waals surface area contributed by atoms with Crippen LogP contribution in [0.5, 0.6) is 11.5 Å². The number of hydrogen-bond acceptors (Lipinski definition) is 4. The second-order valence-electron chi connectivity index (χ2n) is 5.06. The zero-order valence-corrected chi connectivity index (χ0v) is 13.6. The molecule has 0 spiro atoms. The molecule has 4 nitrogen and oxygen atoms in total. The monoisotopic (exact) mass is 348 g/mol. The predicted octanol–water partition coefficient (Wildman–Crippen LogP) is 3.86. The summed E-state index contributed by atoms with van der Waals surface area (Å²) in [6.07, 6.45) is 0. The zero-order chi connectivity index (χ0) is 14.8. The van der Waals surface area contributed by atoms with Crippen molar-refractivity contribution in [3.63, 3.8) is 0 Å². The van der Waals surface area contributed by atoms with Crippen LogP contribution in [0.25, 0.3) is 0 Å². The number of ether oxygens (including phenoxy) is 2. The first-order valence-corrected chi connectivity index (χ1v) is 7.52. The van der Waals surface area contributed by atoms with Crippen LogP contribution in [0.2, 0.25) is 0 Å². The highest BCUT2D eigenvalue weighted by molar-refractivity contribution is 9.10. The van der Waals surface area contributed by atoms with Gasteiger partial charge in [0.25, 0.3) is 0 Å². The van der Waals surface area contributed by atoms with Crippen molar-refractivity contribution in [2.45, 2.75) is 6.54 Å². The average Bonchev–Trinajstić information content (AvgIpc) is 2.92. The number of nitrogens with zero attached hydrogens (tertiary/aromatic N) is 1. The smallest absolute Gasteiger partial charge is 0.231 e. The van der Waals surface area contributed by atoms with Crippen LogP contribution in [0.15, 0.2) is 40.9 Å². The summed E-state index contributed by atoms with van der Waals surface area (Å²) < 4.78 is 11.8. The molecule has 110 valence electrons. The Morgan fingerprint density at radius 2 is 1.86 bits per heavy atom. The third-order valence-corrected chi connectivity index (χ3v) is 4.13. The number of benzene rings is 2. The fourth-order valence-electron chi connectivity index (χ4n) is 2.30. The van der Waals surface area contributed by atoms with Crippen molar-refractivity contribution >= 4 is 27.3 Å². The van der Waals surface area contributed by atoms with Crippen molar-refractivity contribution in [2.75, 3.05) is 31.1 Å². The number of halogens is 1. The van der Waals surface area contributed by atoms with Crippen LogP contribution in [-0.2, 0) is 6.54 Å². The van der Waals surface area contributed by atoms with E-state index in [-0.39, 0.29) is 0 Å². The van der Waals surface area contributed by atoms with Gasteiger partial charge in [-0.3, -0.25) is 0 Å². The summed E-state index contributed by atoms with van der Waals surface area (Å²) in [4.78, 5) is 2.09. The molecular weight excluding hydrogens is 332 g/mol. The van der Waals surface area contributed by atoms with E-state index in [1.54, 1.807) is 0 Å². The molecular formula is C16H17BrN2O2. The van der Waals surface area contributed by atoms with Gasteiger partial charge in [-0.1, -0.05) is 28.1 Å². The highest BCUT2D eigenvalue weighted by Gasteiger charge is 2.16. The van der Waals surface area contributed by atoms with Gasteiger partial charge in [0.2, 0.25) is 6.79 Å². The quantitative estimate of drug-likeness (QED) is 0.909. The lowest BCUT2D eigenvalue weighted by atomic mass is 10.2. The van der Waals surface area contributed by atoms with Crippen molar-refractivity contribution in [1.29, 1.82) is 0 Å². The maximum absolute atomic E-state index is 5.43. The Hall–Kier alpha value is -1.88. The van der Waals surface area contributed by atoms with Gasteiger partial charge in [0.1, 0.15) is 0 Å². The van der Waals surface area contributed by atoms with Crippen molar-refractivity contribution in [2.24, 2.45) is 0 Å². The van der Waals surface area contributed by atoms with Crippen LogP contribution in [0.1, 0.15) is 5.56 Å². The first-order chi connectivity index (χ1) is 10.1. The van der Waals surface area contributed by atoms with E-state index in [9.17, 15) is 0 Å². The molecule has 3 rings (SSSR count). The minimum atomic E-state index is 0.294. The van der Waals surface area contributed by atoms with Crippen LogP contribution < -0.4 is 19.7 Å². The zero-order valence-electron chi connectivity index (χ0n) is 12.0. The van der Waals surface area contributed by atoms with E-state index >= 15 is 0 Å². The van der Waals surface area contributed by atoms with Gasteiger partial charge in [-0.15, -0.1) is 0 Å². The minimum absolute atomic E-state index is 0.294. The van der Waals surface area contributed by atoms with Crippen LogP contribution in [-0.4, -0.2) is 20.9 Å². The number of hydrogen-bond donors (Lipinski definition) is 1. The van der Waals surface area contributed by atoms with Gasteiger partial charge in [0.05, 0.1) is 11.4 Å². The summed E-state index contributed by atoms with van der Waals surface area (Å²) in [5.41, 5.74) is 3.40. The predicted molar refractivity (Wildman–Crippen MR) is 88.4 cm³/mol. The van der Waals surface area contributed by atoms with E-state index in [0.29, 0.717) is 13.3 Å². The molecule has 0 radical (unpaired) electrons. The first kappa shape index (κ1) is 14.1. The Morgan fingerprint density at radius 3 is 2.62 bits per heavy atom. The van der Waals surface area contributed by atoms with Crippen LogP contribution in [0, 0.1) is 0 Å². The molecule has 1 heterocycles. The fourth-order valence-corrected chi connectivity index (χ4v) is 2.76. The standard InChI is InChI=1S/C16H17BrN2O2/c1-19(2)14-6-4-3-5-13(14)18-9-11-7-15-16(8-12(11)17)21-10-20-15/h3-8,18H,9-10H2,1-2H3. The summed E-state index contributed by atoms with van der Waals surface area (Å²) >= 11 is 3.58. The topological polar surface area (TPSA) is 33.7 Å². The number of anilines is 2. The molecule has 0 fully saturated rings. The van der Waals surface area contributed by atoms with Crippen molar-refractivity contribution in [1.82, 2.24) is 0 Å². The van der Waals surface area contributed by atoms with Crippen LogP contribution in [0.4, 0.5) is 11.4 Å². The molecule has 0 unspecified atom stereocenters. The Kier molecular flexibility index (Phi) is 3.92. The largest absolute Gasteiger partial charge is 0.454 e. The maximum Gasteiger partial charge on any atom is 0.231 e. The molecule has 2 aromatic rings. The number of nitrogens with one attached hydrogen (secondary N) is 1. The van der Waals surface area contributed by atoms with E-state index in [2.05, 4.69) is 38.3 Å².